The summed E-state index contributed by atoms with van der Waals surface area (Å²) >= 11 is 0. The first-order valence-electron chi connectivity index (χ1n) is 6.15. The Morgan fingerprint density at radius 2 is 2.39 bits per heavy atom. The average Bonchev–Trinajstić information content (AvgIpc) is 2.38. The largest absolute Gasteiger partial charge is 0.489 e. The Labute approximate surface area is 107 Å². The second-order valence-electron chi connectivity index (χ2n) is 4.50. The summed E-state index contributed by atoms with van der Waals surface area (Å²) in [5.74, 6) is 0.559. The fourth-order valence-corrected chi connectivity index (χ4v) is 1.81. The van der Waals surface area contributed by atoms with Crippen molar-refractivity contribution in [1.82, 2.24) is 10.3 Å². The second kappa shape index (κ2) is 5.93. The van der Waals surface area contributed by atoms with Gasteiger partial charge >= 0.3 is 0 Å². The molecule has 98 valence electrons. The van der Waals surface area contributed by atoms with Crippen LogP contribution in [0.1, 0.15) is 24.2 Å². The minimum Gasteiger partial charge on any atom is -0.489 e. The van der Waals surface area contributed by atoms with E-state index in [9.17, 15) is 4.79 Å². The molecule has 0 saturated carbocycles. The van der Waals surface area contributed by atoms with E-state index in [1.165, 1.54) is 0 Å². The van der Waals surface area contributed by atoms with Crippen molar-refractivity contribution in [2.75, 3.05) is 19.7 Å². The van der Waals surface area contributed by atoms with Gasteiger partial charge in [0.2, 0.25) is 0 Å². The SMILES string of the molecule is CC(C)Oc1cncc(C(=O)C2CNCCO2)c1. The molecule has 1 fully saturated rings. The Hall–Kier alpha value is -1.46. The summed E-state index contributed by atoms with van der Waals surface area (Å²) < 4.78 is 11.0. The van der Waals surface area contributed by atoms with Gasteiger partial charge in [-0.15, -0.1) is 0 Å². The van der Waals surface area contributed by atoms with Crippen LogP contribution in [-0.4, -0.2) is 42.7 Å². The van der Waals surface area contributed by atoms with Crippen LogP contribution < -0.4 is 10.1 Å². The van der Waals surface area contributed by atoms with E-state index in [4.69, 9.17) is 9.47 Å². The number of carbonyl (C=O) groups excluding carboxylic acids is 1. The summed E-state index contributed by atoms with van der Waals surface area (Å²) in [5, 5.41) is 3.13. The highest BCUT2D eigenvalue weighted by Crippen LogP contribution is 2.15. The van der Waals surface area contributed by atoms with Gasteiger partial charge in [-0.05, 0) is 19.9 Å². The van der Waals surface area contributed by atoms with Gasteiger partial charge in [-0.3, -0.25) is 9.78 Å². The number of nitrogens with one attached hydrogen (secondary N) is 1. The van der Waals surface area contributed by atoms with Gasteiger partial charge in [0.25, 0.3) is 0 Å². The first-order chi connectivity index (χ1) is 8.66. The van der Waals surface area contributed by atoms with Gasteiger partial charge in [0, 0.05) is 24.8 Å². The van der Waals surface area contributed by atoms with Crippen molar-refractivity contribution in [1.29, 1.82) is 0 Å². The number of morpholine rings is 1. The van der Waals surface area contributed by atoms with E-state index in [0.717, 1.165) is 6.54 Å². The number of rotatable bonds is 4. The van der Waals surface area contributed by atoms with Crippen molar-refractivity contribution >= 4 is 5.78 Å². The smallest absolute Gasteiger partial charge is 0.194 e. The van der Waals surface area contributed by atoms with Gasteiger partial charge in [0.05, 0.1) is 18.9 Å². The molecule has 0 amide bonds. The standard InChI is InChI=1S/C13H18N2O3/c1-9(2)18-11-5-10(6-15-7-11)13(16)12-8-14-3-4-17-12/h5-7,9,12,14H,3-4,8H2,1-2H3. The number of Topliss-reactive ketones (excluding diaryl/α,β-unsaturated/α-hetero) is 1. The number of hydrogen-bond donors (Lipinski definition) is 1. The van der Waals surface area contributed by atoms with E-state index in [-0.39, 0.29) is 11.9 Å². The van der Waals surface area contributed by atoms with E-state index >= 15 is 0 Å². The molecule has 0 radical (unpaired) electrons. The van der Waals surface area contributed by atoms with Gasteiger partial charge in [0.15, 0.2) is 5.78 Å². The number of aromatic nitrogens is 1. The van der Waals surface area contributed by atoms with Crippen LogP contribution >= 0.6 is 0 Å². The highest BCUT2D eigenvalue weighted by Gasteiger charge is 2.23. The number of ketones is 1. The van der Waals surface area contributed by atoms with Crippen LogP contribution in [0.4, 0.5) is 0 Å². The topological polar surface area (TPSA) is 60.5 Å². The average molecular weight is 250 g/mol. The lowest BCUT2D eigenvalue weighted by Gasteiger charge is -2.22. The summed E-state index contributed by atoms with van der Waals surface area (Å²) in [7, 11) is 0. The van der Waals surface area contributed by atoms with E-state index in [2.05, 4.69) is 10.3 Å². The Bertz CT molecular complexity index is 414. The summed E-state index contributed by atoms with van der Waals surface area (Å²) in [5.41, 5.74) is 0.529. The molecular weight excluding hydrogens is 232 g/mol. The van der Waals surface area contributed by atoms with Crippen LogP contribution in [0.25, 0.3) is 0 Å². The molecule has 1 unspecified atom stereocenters. The molecule has 0 spiro atoms. The first kappa shape index (κ1) is 13.0. The van der Waals surface area contributed by atoms with Crippen molar-refractivity contribution in [3.05, 3.63) is 24.0 Å². The number of pyridine rings is 1. The van der Waals surface area contributed by atoms with E-state index in [1.807, 2.05) is 13.8 Å². The van der Waals surface area contributed by atoms with Gasteiger partial charge in [-0.1, -0.05) is 0 Å². The molecule has 1 N–H and O–H groups in total. The molecule has 0 bridgehead atoms. The highest BCUT2D eigenvalue weighted by atomic mass is 16.5. The van der Waals surface area contributed by atoms with Crippen molar-refractivity contribution in [2.45, 2.75) is 26.1 Å². The van der Waals surface area contributed by atoms with E-state index in [1.54, 1.807) is 18.5 Å². The Morgan fingerprint density at radius 1 is 1.56 bits per heavy atom. The monoisotopic (exact) mass is 250 g/mol. The minimum absolute atomic E-state index is 0.0519. The zero-order chi connectivity index (χ0) is 13.0. The van der Waals surface area contributed by atoms with Crippen molar-refractivity contribution in [3.63, 3.8) is 0 Å². The quantitative estimate of drug-likeness (QED) is 0.809. The molecule has 1 aromatic rings. The van der Waals surface area contributed by atoms with Crippen molar-refractivity contribution in [2.24, 2.45) is 0 Å². The molecule has 2 heterocycles. The molecule has 0 aromatic carbocycles. The molecule has 1 saturated heterocycles. The van der Waals surface area contributed by atoms with Gasteiger partial charge in [0.1, 0.15) is 11.9 Å². The molecular formula is C13H18N2O3. The minimum atomic E-state index is -0.421. The summed E-state index contributed by atoms with van der Waals surface area (Å²) in [6.07, 6.45) is 2.80. The maximum absolute atomic E-state index is 12.2. The third kappa shape index (κ3) is 3.27. The summed E-state index contributed by atoms with van der Waals surface area (Å²) in [4.78, 5) is 16.2. The lowest BCUT2D eigenvalue weighted by Crippen LogP contribution is -2.43. The van der Waals surface area contributed by atoms with Gasteiger partial charge < -0.3 is 14.8 Å². The predicted molar refractivity (Wildman–Crippen MR) is 66.9 cm³/mol. The molecule has 1 aromatic heterocycles. The van der Waals surface area contributed by atoms with E-state index in [0.29, 0.717) is 24.5 Å². The summed E-state index contributed by atoms with van der Waals surface area (Å²) in [6, 6.07) is 1.72. The maximum Gasteiger partial charge on any atom is 0.194 e. The Balaban J connectivity index is 2.09. The van der Waals surface area contributed by atoms with Gasteiger partial charge in [-0.25, -0.2) is 0 Å². The third-order valence-electron chi connectivity index (χ3n) is 2.59. The molecule has 5 heteroatoms. The number of carbonyl (C=O) groups is 1. The molecule has 0 aliphatic carbocycles. The molecule has 2 rings (SSSR count). The van der Waals surface area contributed by atoms with Crippen LogP contribution in [0.2, 0.25) is 0 Å². The van der Waals surface area contributed by atoms with Crippen molar-refractivity contribution < 1.29 is 14.3 Å². The molecule has 1 atom stereocenters. The first-order valence-corrected chi connectivity index (χ1v) is 6.15. The lowest BCUT2D eigenvalue weighted by atomic mass is 10.1. The Kier molecular flexibility index (Phi) is 4.28. The number of nitrogens with zero attached hydrogens (tertiary/aromatic N) is 1. The highest BCUT2D eigenvalue weighted by molar-refractivity contribution is 5.99. The summed E-state index contributed by atoms with van der Waals surface area (Å²) in [6.45, 7) is 5.77. The molecule has 1 aliphatic heterocycles. The van der Waals surface area contributed by atoms with Crippen LogP contribution in [-0.2, 0) is 4.74 Å². The third-order valence-corrected chi connectivity index (χ3v) is 2.59. The zero-order valence-electron chi connectivity index (χ0n) is 10.7. The van der Waals surface area contributed by atoms with Crippen molar-refractivity contribution in [3.8, 4) is 5.75 Å². The van der Waals surface area contributed by atoms with Crippen LogP contribution in [0.3, 0.4) is 0 Å². The molecule has 18 heavy (non-hydrogen) atoms. The van der Waals surface area contributed by atoms with Crippen LogP contribution in [0.15, 0.2) is 18.5 Å². The number of ether oxygens (including phenoxy) is 2. The zero-order valence-corrected chi connectivity index (χ0v) is 10.7. The second-order valence-corrected chi connectivity index (χ2v) is 4.50. The fraction of sp³-hybridized carbons (Fsp3) is 0.538. The normalized spacial score (nSPS) is 19.8. The van der Waals surface area contributed by atoms with Crippen LogP contribution in [0, 0.1) is 0 Å². The maximum atomic E-state index is 12.2. The fourth-order valence-electron chi connectivity index (χ4n) is 1.81. The predicted octanol–water partition coefficient (Wildman–Crippen LogP) is 1.04. The lowest BCUT2D eigenvalue weighted by molar-refractivity contribution is 0.0269. The van der Waals surface area contributed by atoms with Gasteiger partial charge in [-0.2, -0.15) is 0 Å². The van der Waals surface area contributed by atoms with E-state index < -0.39 is 6.10 Å². The molecule has 1 aliphatic rings. The number of hydrogen-bond acceptors (Lipinski definition) is 5. The Morgan fingerprint density at radius 3 is 3.06 bits per heavy atom. The molecule has 5 nitrogen and oxygen atoms in total. The van der Waals surface area contributed by atoms with Crippen LogP contribution in [0.5, 0.6) is 5.75 Å².